The molecule has 7 heteroatoms. The maximum absolute atomic E-state index is 5.69. The second-order valence-electron chi connectivity index (χ2n) is 7.09. The summed E-state index contributed by atoms with van der Waals surface area (Å²) in [7, 11) is 1.83. The van der Waals surface area contributed by atoms with Crippen LogP contribution in [0.25, 0.3) is 0 Å². The molecule has 154 valence electrons. The van der Waals surface area contributed by atoms with Gasteiger partial charge in [0.1, 0.15) is 5.75 Å². The van der Waals surface area contributed by atoms with Crippen molar-refractivity contribution in [3.8, 4) is 5.75 Å². The number of hydrogen-bond acceptors (Lipinski definition) is 4. The van der Waals surface area contributed by atoms with Gasteiger partial charge in [0.05, 0.1) is 11.1 Å². The molecule has 0 saturated carbocycles. The Bertz CT molecular complexity index is 711. The number of aliphatic imine (C=N–C) groups is 1. The van der Waals surface area contributed by atoms with Crippen molar-refractivity contribution in [2.75, 3.05) is 25.0 Å². The van der Waals surface area contributed by atoms with Crippen molar-refractivity contribution in [1.29, 1.82) is 0 Å². The molecule has 2 heterocycles. The fraction of sp³-hybridized carbons (Fsp3) is 0.476. The van der Waals surface area contributed by atoms with Crippen molar-refractivity contribution in [2.24, 2.45) is 4.99 Å². The standard InChI is InChI=1S/C21H30N4OS.HI/c1-16(2)26-19-8-6-17(7-9-19)15-23-21(22-3)24-18-10-12-25(13-11-18)20-5-4-14-27-20;/h4-9,14,16,18H,10-13,15H2,1-3H3,(H2,22,23,24);1H. The topological polar surface area (TPSA) is 48.9 Å². The number of nitrogens with zero attached hydrogens (tertiary/aromatic N) is 2. The third-order valence-electron chi connectivity index (χ3n) is 4.63. The molecule has 28 heavy (non-hydrogen) atoms. The molecule has 0 spiro atoms. The molecular weight excluding hydrogens is 483 g/mol. The molecule has 0 amide bonds. The van der Waals surface area contributed by atoms with E-state index in [0.29, 0.717) is 6.04 Å². The van der Waals surface area contributed by atoms with Crippen LogP contribution in [0.1, 0.15) is 32.3 Å². The van der Waals surface area contributed by atoms with E-state index in [1.807, 2.05) is 44.4 Å². The van der Waals surface area contributed by atoms with E-state index in [0.717, 1.165) is 44.2 Å². The van der Waals surface area contributed by atoms with Crippen LogP contribution in [-0.2, 0) is 6.54 Å². The highest BCUT2D eigenvalue weighted by Crippen LogP contribution is 2.24. The molecule has 0 bridgehead atoms. The zero-order valence-corrected chi connectivity index (χ0v) is 20.0. The Hall–Kier alpha value is -1.48. The first-order chi connectivity index (χ1) is 13.1. The summed E-state index contributed by atoms with van der Waals surface area (Å²) in [6.45, 7) is 7.00. The molecule has 1 aliphatic heterocycles. The molecule has 5 nitrogen and oxygen atoms in total. The summed E-state index contributed by atoms with van der Waals surface area (Å²) in [6, 6.07) is 13.0. The van der Waals surface area contributed by atoms with Crippen molar-refractivity contribution in [3.63, 3.8) is 0 Å². The zero-order valence-electron chi connectivity index (χ0n) is 16.9. The Morgan fingerprint density at radius 1 is 1.21 bits per heavy atom. The van der Waals surface area contributed by atoms with E-state index in [1.165, 1.54) is 10.6 Å². The minimum atomic E-state index is 0. The van der Waals surface area contributed by atoms with Gasteiger partial charge in [-0.3, -0.25) is 4.99 Å². The highest BCUT2D eigenvalue weighted by Gasteiger charge is 2.20. The van der Waals surface area contributed by atoms with Crippen LogP contribution in [0.4, 0.5) is 5.00 Å². The minimum Gasteiger partial charge on any atom is -0.491 e. The summed E-state index contributed by atoms with van der Waals surface area (Å²) in [4.78, 5) is 6.85. The van der Waals surface area contributed by atoms with Gasteiger partial charge in [0, 0.05) is 32.7 Å². The van der Waals surface area contributed by atoms with Gasteiger partial charge in [-0.05, 0) is 61.9 Å². The van der Waals surface area contributed by atoms with E-state index in [-0.39, 0.29) is 30.1 Å². The van der Waals surface area contributed by atoms with Gasteiger partial charge in [-0.25, -0.2) is 0 Å². The van der Waals surface area contributed by atoms with E-state index < -0.39 is 0 Å². The quantitative estimate of drug-likeness (QED) is 0.339. The number of hydrogen-bond donors (Lipinski definition) is 2. The normalized spacial score (nSPS) is 15.3. The number of anilines is 1. The lowest BCUT2D eigenvalue weighted by atomic mass is 10.1. The highest BCUT2D eigenvalue weighted by atomic mass is 127. The van der Waals surface area contributed by atoms with Crippen LogP contribution < -0.4 is 20.3 Å². The number of ether oxygens (including phenoxy) is 1. The van der Waals surface area contributed by atoms with E-state index in [4.69, 9.17) is 4.74 Å². The number of nitrogens with one attached hydrogen (secondary N) is 2. The van der Waals surface area contributed by atoms with Gasteiger partial charge in [-0.2, -0.15) is 0 Å². The Kier molecular flexibility index (Phi) is 9.37. The van der Waals surface area contributed by atoms with Crippen molar-refractivity contribution in [1.82, 2.24) is 10.6 Å². The number of benzene rings is 1. The van der Waals surface area contributed by atoms with Crippen LogP contribution in [0.2, 0.25) is 0 Å². The summed E-state index contributed by atoms with van der Waals surface area (Å²) in [6.07, 6.45) is 2.45. The molecule has 2 aromatic rings. The average molecular weight is 514 g/mol. The Labute approximate surface area is 189 Å². The van der Waals surface area contributed by atoms with Crippen molar-refractivity contribution < 1.29 is 4.74 Å². The molecule has 1 aromatic heterocycles. The molecule has 3 rings (SSSR count). The van der Waals surface area contributed by atoms with Gasteiger partial charge >= 0.3 is 0 Å². The molecule has 0 atom stereocenters. The lowest BCUT2D eigenvalue weighted by Crippen LogP contribution is -2.48. The van der Waals surface area contributed by atoms with Gasteiger partial charge < -0.3 is 20.3 Å². The lowest BCUT2D eigenvalue weighted by Gasteiger charge is -2.33. The first kappa shape index (κ1) is 22.8. The molecule has 1 fully saturated rings. The third kappa shape index (κ3) is 6.84. The summed E-state index contributed by atoms with van der Waals surface area (Å²) < 4.78 is 5.69. The van der Waals surface area contributed by atoms with Gasteiger partial charge in [0.25, 0.3) is 0 Å². The summed E-state index contributed by atoms with van der Waals surface area (Å²) in [5.41, 5.74) is 1.21. The van der Waals surface area contributed by atoms with E-state index in [1.54, 1.807) is 0 Å². The van der Waals surface area contributed by atoms with Gasteiger partial charge in [-0.15, -0.1) is 35.3 Å². The van der Waals surface area contributed by atoms with Crippen LogP contribution >= 0.6 is 35.3 Å². The highest BCUT2D eigenvalue weighted by molar-refractivity contribution is 14.0. The summed E-state index contributed by atoms with van der Waals surface area (Å²) >= 11 is 1.82. The van der Waals surface area contributed by atoms with Crippen molar-refractivity contribution >= 4 is 46.3 Å². The number of guanidine groups is 1. The predicted octanol–water partition coefficient (Wildman–Crippen LogP) is 4.49. The maximum Gasteiger partial charge on any atom is 0.191 e. The summed E-state index contributed by atoms with van der Waals surface area (Å²) in [5.74, 6) is 1.78. The Morgan fingerprint density at radius 2 is 1.93 bits per heavy atom. The fourth-order valence-corrected chi connectivity index (χ4v) is 4.01. The molecule has 2 N–H and O–H groups in total. The second-order valence-corrected chi connectivity index (χ2v) is 8.02. The number of piperidine rings is 1. The molecule has 0 unspecified atom stereocenters. The third-order valence-corrected chi connectivity index (χ3v) is 5.56. The molecule has 1 aromatic carbocycles. The molecule has 1 saturated heterocycles. The number of thiophene rings is 1. The fourth-order valence-electron chi connectivity index (χ4n) is 3.23. The smallest absolute Gasteiger partial charge is 0.191 e. The van der Waals surface area contributed by atoms with Crippen LogP contribution in [0.15, 0.2) is 46.8 Å². The largest absolute Gasteiger partial charge is 0.491 e. The van der Waals surface area contributed by atoms with Crippen molar-refractivity contribution in [3.05, 3.63) is 47.3 Å². The maximum atomic E-state index is 5.69. The zero-order chi connectivity index (χ0) is 19.1. The molecular formula is C21H31IN4OS. The first-order valence-electron chi connectivity index (χ1n) is 9.65. The van der Waals surface area contributed by atoms with Crippen LogP contribution in [-0.4, -0.2) is 38.2 Å². The van der Waals surface area contributed by atoms with Gasteiger partial charge in [0.15, 0.2) is 5.96 Å². The SMILES string of the molecule is CN=C(NCc1ccc(OC(C)C)cc1)NC1CCN(c2cccs2)CC1.I. The molecule has 1 aliphatic rings. The molecule has 0 radical (unpaired) electrons. The average Bonchev–Trinajstić information content (AvgIpc) is 3.21. The Morgan fingerprint density at radius 3 is 2.50 bits per heavy atom. The summed E-state index contributed by atoms with van der Waals surface area (Å²) in [5, 5.41) is 10.5. The van der Waals surface area contributed by atoms with E-state index in [2.05, 4.69) is 50.2 Å². The van der Waals surface area contributed by atoms with Crippen LogP contribution in [0, 0.1) is 0 Å². The minimum absolute atomic E-state index is 0. The lowest BCUT2D eigenvalue weighted by molar-refractivity contribution is 0.242. The monoisotopic (exact) mass is 514 g/mol. The Balaban J connectivity index is 0.00000280. The van der Waals surface area contributed by atoms with Crippen LogP contribution in [0.3, 0.4) is 0 Å². The number of rotatable bonds is 6. The predicted molar refractivity (Wildman–Crippen MR) is 131 cm³/mol. The first-order valence-corrected chi connectivity index (χ1v) is 10.5. The van der Waals surface area contributed by atoms with E-state index in [9.17, 15) is 0 Å². The molecule has 0 aliphatic carbocycles. The van der Waals surface area contributed by atoms with Gasteiger partial charge in [-0.1, -0.05) is 12.1 Å². The second kappa shape index (κ2) is 11.5. The van der Waals surface area contributed by atoms with Gasteiger partial charge in [0.2, 0.25) is 0 Å². The van der Waals surface area contributed by atoms with Crippen LogP contribution in [0.5, 0.6) is 5.75 Å². The van der Waals surface area contributed by atoms with Crippen molar-refractivity contribution in [2.45, 2.75) is 45.4 Å². The van der Waals surface area contributed by atoms with E-state index >= 15 is 0 Å². The number of halogens is 1.